The molecule has 0 saturated heterocycles. The van der Waals surface area contributed by atoms with E-state index in [1.54, 1.807) is 19.1 Å². The highest BCUT2D eigenvalue weighted by atomic mass is 16.4. The highest BCUT2D eigenvalue weighted by Gasteiger charge is 2.14. The molecule has 3 aromatic carbocycles. The minimum absolute atomic E-state index is 0.0332. The highest BCUT2D eigenvalue weighted by Crippen LogP contribution is 2.40. The number of carbonyl (C=O) groups is 1. The number of phenols is 2. The van der Waals surface area contributed by atoms with Gasteiger partial charge in [-0.25, -0.2) is 0 Å². The summed E-state index contributed by atoms with van der Waals surface area (Å²) in [5.74, 6) is -1.08. The molecule has 3 rings (SSSR count). The summed E-state index contributed by atoms with van der Waals surface area (Å²) in [4.78, 5) is 10.9. The fourth-order valence-corrected chi connectivity index (χ4v) is 3.44. The van der Waals surface area contributed by atoms with E-state index in [0.717, 1.165) is 21.9 Å². The van der Waals surface area contributed by atoms with Gasteiger partial charge in [-0.05, 0) is 67.9 Å². The number of hydrogen-bond donors (Lipinski definition) is 5. The fraction of sp³-hybridized carbons (Fsp3) is 0.292. The van der Waals surface area contributed by atoms with E-state index < -0.39 is 18.6 Å². The predicted octanol–water partition coefficient (Wildman–Crippen LogP) is 4.25. The van der Waals surface area contributed by atoms with Crippen LogP contribution in [0, 0.1) is 13.8 Å². The van der Waals surface area contributed by atoms with Crippen molar-refractivity contribution in [3.05, 3.63) is 59.2 Å². The van der Waals surface area contributed by atoms with Crippen LogP contribution in [0.4, 0.5) is 11.4 Å². The van der Waals surface area contributed by atoms with Gasteiger partial charge >= 0.3 is 5.97 Å². The number of aromatic hydroxyl groups is 2. The van der Waals surface area contributed by atoms with Gasteiger partial charge in [0.1, 0.15) is 28.9 Å². The molecule has 0 saturated carbocycles. The summed E-state index contributed by atoms with van der Waals surface area (Å²) in [7, 11) is 0. The molecule has 8 heteroatoms. The van der Waals surface area contributed by atoms with Crippen molar-refractivity contribution in [2.24, 2.45) is 10.2 Å². The molecule has 0 bridgehead atoms. The van der Waals surface area contributed by atoms with Gasteiger partial charge in [0, 0.05) is 5.39 Å². The Morgan fingerprint density at radius 2 is 1.84 bits per heavy atom. The summed E-state index contributed by atoms with van der Waals surface area (Å²) < 4.78 is 0. The van der Waals surface area contributed by atoms with E-state index in [1.807, 2.05) is 31.2 Å². The lowest BCUT2D eigenvalue weighted by atomic mass is 10.0. The average Bonchev–Trinajstić information content (AvgIpc) is 2.75. The smallest absolute Gasteiger partial charge is 0.323 e. The Kier molecular flexibility index (Phi) is 7.40. The van der Waals surface area contributed by atoms with Crippen LogP contribution in [0.15, 0.2) is 52.7 Å². The molecular formula is C24H27N3O5. The van der Waals surface area contributed by atoms with Gasteiger partial charge in [0.25, 0.3) is 0 Å². The number of azo groups is 1. The number of hydrogen-bond acceptors (Lipinski definition) is 7. The van der Waals surface area contributed by atoms with Gasteiger partial charge in [-0.3, -0.25) is 4.79 Å². The molecule has 0 heterocycles. The van der Waals surface area contributed by atoms with Crippen LogP contribution in [0.3, 0.4) is 0 Å². The molecule has 3 aromatic rings. The topological polar surface area (TPSA) is 135 Å². The highest BCUT2D eigenvalue weighted by molar-refractivity contribution is 5.96. The van der Waals surface area contributed by atoms with Crippen LogP contribution in [0.1, 0.15) is 23.1 Å². The maximum absolute atomic E-state index is 10.9. The van der Waals surface area contributed by atoms with Gasteiger partial charge in [-0.15, -0.1) is 10.2 Å². The molecule has 1 unspecified atom stereocenters. The lowest BCUT2D eigenvalue weighted by molar-refractivity contribution is -0.140. The van der Waals surface area contributed by atoms with Crippen molar-refractivity contribution in [3.63, 3.8) is 0 Å². The predicted molar refractivity (Wildman–Crippen MR) is 122 cm³/mol. The quantitative estimate of drug-likeness (QED) is 0.251. The van der Waals surface area contributed by atoms with Gasteiger partial charge in [-0.1, -0.05) is 29.8 Å². The number of aliphatic carboxylic acids is 1. The third kappa shape index (κ3) is 5.40. The Labute approximate surface area is 185 Å². The van der Waals surface area contributed by atoms with E-state index in [4.69, 9.17) is 10.2 Å². The largest absolute Gasteiger partial charge is 0.506 e. The van der Waals surface area contributed by atoms with Gasteiger partial charge in [0.2, 0.25) is 0 Å². The number of phenolic OH excluding ortho intramolecular Hbond substituents is 2. The number of carboxylic acid groups (broad SMARTS) is 1. The zero-order chi connectivity index (χ0) is 23.3. The molecule has 0 fully saturated rings. The summed E-state index contributed by atoms with van der Waals surface area (Å²) in [5, 5.41) is 51.6. The second-order valence-electron chi connectivity index (χ2n) is 7.77. The monoisotopic (exact) mass is 437 g/mol. The minimum Gasteiger partial charge on any atom is -0.506 e. The lowest BCUT2D eigenvalue weighted by Gasteiger charge is -2.11. The number of rotatable bonds is 9. The molecule has 0 radical (unpaired) electrons. The second kappa shape index (κ2) is 10.2. The van der Waals surface area contributed by atoms with E-state index in [0.29, 0.717) is 30.6 Å². The maximum atomic E-state index is 10.9. The zero-order valence-corrected chi connectivity index (χ0v) is 18.0. The Hall–Kier alpha value is -3.49. The second-order valence-corrected chi connectivity index (χ2v) is 7.77. The number of benzene rings is 3. The molecule has 0 spiro atoms. The van der Waals surface area contributed by atoms with Crippen LogP contribution in [0.5, 0.6) is 11.5 Å². The molecular weight excluding hydrogens is 410 g/mol. The molecule has 32 heavy (non-hydrogen) atoms. The van der Waals surface area contributed by atoms with Crippen molar-refractivity contribution in [3.8, 4) is 11.5 Å². The number of aliphatic hydroxyl groups is 1. The van der Waals surface area contributed by atoms with Crippen molar-refractivity contribution >= 4 is 28.1 Å². The Morgan fingerprint density at radius 3 is 2.56 bits per heavy atom. The number of aryl methyl sites for hydroxylation is 3. The van der Waals surface area contributed by atoms with Crippen LogP contribution >= 0.6 is 0 Å². The van der Waals surface area contributed by atoms with Gasteiger partial charge in [0.05, 0.1) is 6.61 Å². The summed E-state index contributed by atoms with van der Waals surface area (Å²) in [5.41, 5.74) is 3.29. The Morgan fingerprint density at radius 1 is 1.06 bits per heavy atom. The van der Waals surface area contributed by atoms with Crippen molar-refractivity contribution < 1.29 is 25.2 Å². The first-order valence-electron chi connectivity index (χ1n) is 10.3. The van der Waals surface area contributed by atoms with Crippen molar-refractivity contribution in [1.29, 1.82) is 0 Å². The van der Waals surface area contributed by atoms with E-state index >= 15 is 0 Å². The third-order valence-corrected chi connectivity index (χ3v) is 5.24. The molecule has 168 valence electrons. The lowest BCUT2D eigenvalue weighted by Crippen LogP contribution is -2.40. The maximum Gasteiger partial charge on any atom is 0.323 e. The van der Waals surface area contributed by atoms with Gasteiger partial charge in [0.15, 0.2) is 0 Å². The van der Waals surface area contributed by atoms with Gasteiger partial charge < -0.3 is 25.7 Å². The summed E-state index contributed by atoms with van der Waals surface area (Å²) in [6.45, 7) is 3.73. The van der Waals surface area contributed by atoms with Crippen LogP contribution in [0.2, 0.25) is 0 Å². The average molecular weight is 437 g/mol. The fourth-order valence-electron chi connectivity index (χ4n) is 3.44. The molecule has 0 amide bonds. The standard InChI is InChI=1S/C24H27N3O5/c1-14-5-7-18-17(10-14)11-15(2)23(30)22(18)27-26-19-12-16(6-8-21(19)29)4-3-9-25-20(13-28)24(31)32/h5-8,10-12,20,25,28-30H,3-4,9,13H2,1-2H3,(H,31,32). The normalized spacial score (nSPS) is 12.5. The van der Waals surface area contributed by atoms with Crippen LogP contribution < -0.4 is 5.32 Å². The number of aliphatic hydroxyl groups excluding tert-OH is 1. The van der Waals surface area contributed by atoms with E-state index in [1.165, 1.54) is 6.07 Å². The Bertz CT molecular complexity index is 1160. The number of carboxylic acids is 1. The van der Waals surface area contributed by atoms with Crippen LogP contribution in [0.25, 0.3) is 10.8 Å². The van der Waals surface area contributed by atoms with Crippen LogP contribution in [-0.4, -0.2) is 45.6 Å². The Balaban J connectivity index is 1.78. The third-order valence-electron chi connectivity index (χ3n) is 5.24. The molecule has 0 aliphatic rings. The first kappa shape index (κ1) is 23.2. The van der Waals surface area contributed by atoms with E-state index in [2.05, 4.69) is 15.5 Å². The molecule has 0 aromatic heterocycles. The zero-order valence-electron chi connectivity index (χ0n) is 18.0. The van der Waals surface area contributed by atoms with Gasteiger partial charge in [-0.2, -0.15) is 0 Å². The van der Waals surface area contributed by atoms with E-state index in [-0.39, 0.29) is 17.2 Å². The summed E-state index contributed by atoms with van der Waals surface area (Å²) >= 11 is 0. The number of nitrogens with zero attached hydrogens (tertiary/aromatic N) is 2. The first-order chi connectivity index (χ1) is 15.3. The first-order valence-corrected chi connectivity index (χ1v) is 10.3. The molecule has 8 nitrogen and oxygen atoms in total. The van der Waals surface area contributed by atoms with Crippen molar-refractivity contribution in [2.75, 3.05) is 13.2 Å². The molecule has 1 atom stereocenters. The number of fused-ring (bicyclic) bond motifs is 1. The van der Waals surface area contributed by atoms with Crippen molar-refractivity contribution in [2.45, 2.75) is 32.7 Å². The molecule has 0 aliphatic carbocycles. The minimum atomic E-state index is -1.10. The summed E-state index contributed by atoms with van der Waals surface area (Å²) in [6.07, 6.45) is 1.25. The SMILES string of the molecule is Cc1ccc2c(N=Nc3cc(CCCNC(CO)C(=O)O)ccc3O)c(O)c(C)cc2c1. The van der Waals surface area contributed by atoms with Crippen LogP contribution in [-0.2, 0) is 11.2 Å². The van der Waals surface area contributed by atoms with Crippen molar-refractivity contribution in [1.82, 2.24) is 5.32 Å². The molecule has 5 N–H and O–H groups in total. The molecule has 0 aliphatic heterocycles. The summed E-state index contributed by atoms with van der Waals surface area (Å²) in [6, 6.07) is 11.7. The van der Waals surface area contributed by atoms with E-state index in [9.17, 15) is 15.0 Å². The number of nitrogens with one attached hydrogen (secondary N) is 1.